The molecule has 0 spiro atoms. The number of benzene rings is 2. The van der Waals surface area contributed by atoms with E-state index in [9.17, 15) is 19.5 Å². The highest BCUT2D eigenvalue weighted by Crippen LogP contribution is 2.17. The number of anilines is 1. The van der Waals surface area contributed by atoms with Crippen LogP contribution in [0.1, 0.15) is 38.8 Å². The van der Waals surface area contributed by atoms with E-state index >= 15 is 0 Å². The third kappa shape index (κ3) is 4.26. The van der Waals surface area contributed by atoms with Crippen molar-refractivity contribution in [2.75, 3.05) is 5.32 Å². The van der Waals surface area contributed by atoms with Crippen molar-refractivity contribution >= 4 is 23.3 Å². The Bertz CT molecular complexity index is 780. The summed E-state index contributed by atoms with van der Waals surface area (Å²) in [5.41, 5.74) is 2.10. The van der Waals surface area contributed by atoms with E-state index in [-0.39, 0.29) is 23.3 Å². The number of Topliss-reactive ketones (excluding diaryl/α,β-unsaturated/α-hetero) is 1. The molecule has 0 saturated carbocycles. The quantitative estimate of drug-likeness (QED) is 0.889. The number of amides is 1. The molecule has 5 heteroatoms. The SMILES string of the molecule is CC(=O)Cc1ccc(C(=O)Nc2cccc(C)c2)c(C(=O)O)c1. The summed E-state index contributed by atoms with van der Waals surface area (Å²) in [6.07, 6.45) is 0.139. The van der Waals surface area contributed by atoms with E-state index in [1.807, 2.05) is 13.0 Å². The Labute approximate surface area is 134 Å². The summed E-state index contributed by atoms with van der Waals surface area (Å²) in [4.78, 5) is 34.9. The molecule has 0 aliphatic rings. The van der Waals surface area contributed by atoms with Gasteiger partial charge in [0.1, 0.15) is 5.78 Å². The molecule has 0 unspecified atom stereocenters. The molecule has 118 valence electrons. The summed E-state index contributed by atoms with van der Waals surface area (Å²) in [6, 6.07) is 11.6. The van der Waals surface area contributed by atoms with Crippen LogP contribution in [0.2, 0.25) is 0 Å². The van der Waals surface area contributed by atoms with Gasteiger partial charge in [0.2, 0.25) is 0 Å². The molecule has 0 aliphatic carbocycles. The summed E-state index contributed by atoms with van der Waals surface area (Å²) in [6.45, 7) is 3.33. The Balaban J connectivity index is 2.32. The fourth-order valence-corrected chi connectivity index (χ4v) is 2.29. The Morgan fingerprint density at radius 2 is 1.78 bits per heavy atom. The van der Waals surface area contributed by atoms with Gasteiger partial charge in [-0.2, -0.15) is 0 Å². The number of ketones is 1. The topological polar surface area (TPSA) is 83.5 Å². The van der Waals surface area contributed by atoms with E-state index < -0.39 is 11.9 Å². The zero-order chi connectivity index (χ0) is 17.0. The molecule has 2 aromatic rings. The number of hydrogen-bond donors (Lipinski definition) is 2. The number of aromatic carboxylic acids is 1. The van der Waals surface area contributed by atoms with Gasteiger partial charge in [-0.05, 0) is 49.2 Å². The van der Waals surface area contributed by atoms with Crippen molar-refractivity contribution in [3.8, 4) is 0 Å². The molecule has 0 atom stereocenters. The van der Waals surface area contributed by atoms with Crippen LogP contribution in [0.15, 0.2) is 42.5 Å². The van der Waals surface area contributed by atoms with Crippen LogP contribution >= 0.6 is 0 Å². The van der Waals surface area contributed by atoms with Crippen LogP contribution in [-0.4, -0.2) is 22.8 Å². The standard InChI is InChI=1S/C18H17NO4/c1-11-4-3-5-14(8-11)19-17(21)15-7-6-13(9-12(2)20)10-16(15)18(22)23/h3-8,10H,9H2,1-2H3,(H,19,21)(H,22,23). The first-order valence-corrected chi connectivity index (χ1v) is 7.10. The minimum atomic E-state index is -1.20. The van der Waals surface area contributed by atoms with Gasteiger partial charge in [-0.15, -0.1) is 0 Å². The van der Waals surface area contributed by atoms with Crippen LogP contribution in [-0.2, 0) is 11.2 Å². The molecule has 0 bridgehead atoms. The van der Waals surface area contributed by atoms with Crippen LogP contribution in [0, 0.1) is 6.92 Å². The lowest BCUT2D eigenvalue weighted by molar-refractivity contribution is -0.116. The maximum absolute atomic E-state index is 12.3. The zero-order valence-electron chi connectivity index (χ0n) is 12.9. The van der Waals surface area contributed by atoms with Crippen molar-refractivity contribution in [3.05, 3.63) is 64.7 Å². The first-order chi connectivity index (χ1) is 10.9. The van der Waals surface area contributed by atoms with Gasteiger partial charge in [0.15, 0.2) is 0 Å². The minimum absolute atomic E-state index is 0.0614. The smallest absolute Gasteiger partial charge is 0.336 e. The van der Waals surface area contributed by atoms with E-state index in [4.69, 9.17) is 0 Å². The zero-order valence-corrected chi connectivity index (χ0v) is 12.9. The van der Waals surface area contributed by atoms with Crippen LogP contribution < -0.4 is 5.32 Å². The van der Waals surface area contributed by atoms with Gasteiger partial charge in [-0.3, -0.25) is 9.59 Å². The van der Waals surface area contributed by atoms with Crippen LogP contribution in [0.3, 0.4) is 0 Å². The number of hydrogen-bond acceptors (Lipinski definition) is 3. The van der Waals surface area contributed by atoms with Gasteiger partial charge >= 0.3 is 5.97 Å². The molecule has 0 saturated heterocycles. The number of carboxylic acid groups (broad SMARTS) is 1. The number of carbonyl (C=O) groups is 3. The molecule has 0 aliphatic heterocycles. The fraction of sp³-hybridized carbons (Fsp3) is 0.167. The fourth-order valence-electron chi connectivity index (χ4n) is 2.29. The Hall–Kier alpha value is -2.95. The number of carboxylic acids is 1. The summed E-state index contributed by atoms with van der Waals surface area (Å²) in [5, 5.41) is 12.0. The maximum atomic E-state index is 12.3. The van der Waals surface area contributed by atoms with Gasteiger partial charge in [0.05, 0.1) is 11.1 Å². The molecular formula is C18H17NO4. The molecule has 1 amide bonds. The van der Waals surface area contributed by atoms with Crippen LogP contribution in [0.4, 0.5) is 5.69 Å². The van der Waals surface area contributed by atoms with Gasteiger partial charge < -0.3 is 10.4 Å². The lowest BCUT2D eigenvalue weighted by atomic mass is 10.0. The van der Waals surface area contributed by atoms with Gasteiger partial charge in [0, 0.05) is 12.1 Å². The molecule has 2 N–H and O–H groups in total. The van der Waals surface area contributed by atoms with E-state index in [0.717, 1.165) is 5.56 Å². The highest BCUT2D eigenvalue weighted by molar-refractivity contribution is 6.10. The number of nitrogens with one attached hydrogen (secondary N) is 1. The van der Waals surface area contributed by atoms with Crippen molar-refractivity contribution in [2.24, 2.45) is 0 Å². The predicted octanol–water partition coefficient (Wildman–Crippen LogP) is 3.08. The van der Waals surface area contributed by atoms with Crippen molar-refractivity contribution in [1.29, 1.82) is 0 Å². The maximum Gasteiger partial charge on any atom is 0.336 e. The molecule has 0 radical (unpaired) electrons. The second-order valence-electron chi connectivity index (χ2n) is 5.39. The molecule has 0 fully saturated rings. The Kier molecular flexibility index (Phi) is 4.91. The number of aryl methyl sites for hydroxylation is 1. The molecular weight excluding hydrogens is 294 g/mol. The van der Waals surface area contributed by atoms with E-state index in [2.05, 4.69) is 5.32 Å². The third-order valence-corrected chi connectivity index (χ3v) is 3.29. The lowest BCUT2D eigenvalue weighted by Crippen LogP contribution is -2.17. The summed E-state index contributed by atoms with van der Waals surface area (Å²) in [7, 11) is 0. The molecule has 0 aromatic heterocycles. The molecule has 23 heavy (non-hydrogen) atoms. The van der Waals surface area contributed by atoms with Crippen molar-refractivity contribution < 1.29 is 19.5 Å². The average Bonchev–Trinajstić information content (AvgIpc) is 2.46. The van der Waals surface area contributed by atoms with E-state index in [1.165, 1.54) is 19.1 Å². The van der Waals surface area contributed by atoms with Crippen LogP contribution in [0.25, 0.3) is 0 Å². The van der Waals surface area contributed by atoms with Gasteiger partial charge in [-0.1, -0.05) is 18.2 Å². The van der Waals surface area contributed by atoms with E-state index in [1.54, 1.807) is 24.3 Å². The lowest BCUT2D eigenvalue weighted by Gasteiger charge is -2.10. The monoisotopic (exact) mass is 311 g/mol. The van der Waals surface area contributed by atoms with Gasteiger partial charge in [-0.25, -0.2) is 4.79 Å². The molecule has 2 rings (SSSR count). The minimum Gasteiger partial charge on any atom is -0.478 e. The third-order valence-electron chi connectivity index (χ3n) is 3.29. The van der Waals surface area contributed by atoms with Crippen molar-refractivity contribution in [2.45, 2.75) is 20.3 Å². The van der Waals surface area contributed by atoms with Gasteiger partial charge in [0.25, 0.3) is 5.91 Å². The highest BCUT2D eigenvalue weighted by Gasteiger charge is 2.17. The second kappa shape index (κ2) is 6.87. The second-order valence-corrected chi connectivity index (χ2v) is 5.39. The van der Waals surface area contributed by atoms with Crippen molar-refractivity contribution in [3.63, 3.8) is 0 Å². The molecule has 2 aromatic carbocycles. The first-order valence-electron chi connectivity index (χ1n) is 7.10. The number of carbonyl (C=O) groups excluding carboxylic acids is 2. The summed E-state index contributed by atoms with van der Waals surface area (Å²) in [5.74, 6) is -1.77. The normalized spacial score (nSPS) is 10.2. The largest absolute Gasteiger partial charge is 0.478 e. The predicted molar refractivity (Wildman–Crippen MR) is 86.9 cm³/mol. The Morgan fingerprint density at radius 1 is 1.04 bits per heavy atom. The first kappa shape index (κ1) is 16.4. The number of rotatable bonds is 5. The van der Waals surface area contributed by atoms with Crippen molar-refractivity contribution in [1.82, 2.24) is 0 Å². The summed E-state index contributed by atoms with van der Waals surface area (Å²) < 4.78 is 0. The van der Waals surface area contributed by atoms with E-state index in [0.29, 0.717) is 11.3 Å². The average molecular weight is 311 g/mol. The Morgan fingerprint density at radius 3 is 2.39 bits per heavy atom. The molecule has 5 nitrogen and oxygen atoms in total. The highest BCUT2D eigenvalue weighted by atomic mass is 16.4. The van der Waals surface area contributed by atoms with Crippen LogP contribution in [0.5, 0.6) is 0 Å². The summed E-state index contributed by atoms with van der Waals surface area (Å²) >= 11 is 0. The molecule has 0 heterocycles.